The van der Waals surface area contributed by atoms with E-state index in [4.69, 9.17) is 0 Å². The molecule has 1 fully saturated rings. The lowest BCUT2D eigenvalue weighted by molar-refractivity contribution is 0.0420. The Morgan fingerprint density at radius 3 is 2.94 bits per heavy atom. The van der Waals surface area contributed by atoms with Crippen LogP contribution in [0, 0.1) is 5.92 Å². The number of benzene rings is 1. The Hall–Kier alpha value is -1.00. The lowest BCUT2D eigenvalue weighted by Gasteiger charge is -2.31. The van der Waals surface area contributed by atoms with Crippen molar-refractivity contribution in [3.05, 3.63) is 35.4 Å². The first-order chi connectivity index (χ1) is 8.69. The number of nitrogens with one attached hydrogen (secondary N) is 1. The highest BCUT2D eigenvalue weighted by Gasteiger charge is 2.27. The fourth-order valence-electron chi connectivity index (χ4n) is 2.18. The zero-order valence-electron chi connectivity index (χ0n) is 10.6. The zero-order chi connectivity index (χ0) is 13.0. The molecular formula is C14H19NO2S. The summed E-state index contributed by atoms with van der Waals surface area (Å²) in [5.74, 6) is 1.35. The molecule has 0 aliphatic heterocycles. The maximum absolute atomic E-state index is 11.9. The number of hydrogen-bond acceptors (Lipinski definition) is 3. The van der Waals surface area contributed by atoms with Crippen LogP contribution >= 0.6 is 11.8 Å². The summed E-state index contributed by atoms with van der Waals surface area (Å²) in [7, 11) is 0. The zero-order valence-corrected chi connectivity index (χ0v) is 11.4. The van der Waals surface area contributed by atoms with Crippen molar-refractivity contribution in [1.82, 2.24) is 5.32 Å². The van der Waals surface area contributed by atoms with Gasteiger partial charge in [-0.3, -0.25) is 4.79 Å². The summed E-state index contributed by atoms with van der Waals surface area (Å²) in [6.45, 7) is 0.669. The summed E-state index contributed by atoms with van der Waals surface area (Å²) in [5, 5.41) is 12.1. The van der Waals surface area contributed by atoms with Crippen molar-refractivity contribution >= 4 is 17.7 Å². The number of hydrogen-bond donors (Lipinski definition) is 2. The molecule has 1 amide bonds. The van der Waals surface area contributed by atoms with Crippen LogP contribution in [-0.4, -0.2) is 29.9 Å². The molecule has 0 unspecified atom stereocenters. The second-order valence-corrected chi connectivity index (χ2v) is 5.70. The van der Waals surface area contributed by atoms with Crippen LogP contribution in [0.5, 0.6) is 0 Å². The van der Waals surface area contributed by atoms with E-state index in [-0.39, 0.29) is 12.0 Å². The molecule has 18 heavy (non-hydrogen) atoms. The molecule has 3 nitrogen and oxygen atoms in total. The SMILES string of the molecule is CSCc1cccc(C(=O)NCC2CC(O)C2)c1. The molecular weight excluding hydrogens is 246 g/mol. The number of carbonyl (C=O) groups excluding carboxylic acids is 1. The van der Waals surface area contributed by atoms with Crippen molar-refractivity contribution in [1.29, 1.82) is 0 Å². The number of thioether (sulfide) groups is 1. The fourth-order valence-corrected chi connectivity index (χ4v) is 2.69. The van der Waals surface area contributed by atoms with Crippen molar-refractivity contribution in [2.75, 3.05) is 12.8 Å². The summed E-state index contributed by atoms with van der Waals surface area (Å²) in [4.78, 5) is 11.9. The minimum absolute atomic E-state index is 0.0145. The molecule has 0 aromatic heterocycles. The topological polar surface area (TPSA) is 49.3 Å². The smallest absolute Gasteiger partial charge is 0.251 e. The molecule has 1 aromatic carbocycles. The largest absolute Gasteiger partial charge is 0.393 e. The average molecular weight is 265 g/mol. The molecule has 1 aliphatic carbocycles. The van der Waals surface area contributed by atoms with Crippen molar-refractivity contribution in [2.45, 2.75) is 24.7 Å². The first kappa shape index (κ1) is 13.4. The van der Waals surface area contributed by atoms with Crippen molar-refractivity contribution in [2.24, 2.45) is 5.92 Å². The molecule has 4 heteroatoms. The molecule has 1 aliphatic rings. The summed E-state index contributed by atoms with van der Waals surface area (Å²) in [5.41, 5.74) is 1.90. The Bertz CT molecular complexity index is 416. The van der Waals surface area contributed by atoms with Gasteiger partial charge in [0.05, 0.1) is 6.10 Å². The average Bonchev–Trinajstić information content (AvgIpc) is 2.33. The molecule has 0 atom stereocenters. The Morgan fingerprint density at radius 1 is 1.50 bits per heavy atom. The minimum Gasteiger partial charge on any atom is -0.393 e. The van der Waals surface area contributed by atoms with E-state index in [1.807, 2.05) is 24.3 Å². The number of rotatable bonds is 5. The van der Waals surface area contributed by atoms with Gasteiger partial charge < -0.3 is 10.4 Å². The lowest BCUT2D eigenvalue weighted by atomic mass is 9.82. The quantitative estimate of drug-likeness (QED) is 0.856. The van der Waals surface area contributed by atoms with E-state index in [9.17, 15) is 9.90 Å². The molecule has 98 valence electrons. The standard InChI is InChI=1S/C14H19NO2S/c1-18-9-10-3-2-4-12(5-10)14(17)15-8-11-6-13(16)7-11/h2-5,11,13,16H,6-9H2,1H3,(H,15,17). The number of aliphatic hydroxyl groups is 1. The number of carbonyl (C=O) groups is 1. The van der Waals surface area contributed by atoms with Gasteiger partial charge in [-0.15, -0.1) is 0 Å². The van der Waals surface area contributed by atoms with Gasteiger partial charge in [-0.05, 0) is 42.7 Å². The summed E-state index contributed by atoms with van der Waals surface area (Å²) < 4.78 is 0. The van der Waals surface area contributed by atoms with E-state index in [0.717, 1.165) is 24.2 Å². The minimum atomic E-state index is -0.156. The van der Waals surface area contributed by atoms with Crippen molar-refractivity contribution in [3.63, 3.8) is 0 Å². The van der Waals surface area contributed by atoms with Crippen LogP contribution < -0.4 is 5.32 Å². The molecule has 0 radical (unpaired) electrons. The van der Waals surface area contributed by atoms with Gasteiger partial charge >= 0.3 is 0 Å². The predicted octanol–water partition coefficient (Wildman–Crippen LogP) is 2.05. The lowest BCUT2D eigenvalue weighted by Crippen LogP contribution is -2.38. The van der Waals surface area contributed by atoms with E-state index in [0.29, 0.717) is 12.5 Å². The van der Waals surface area contributed by atoms with E-state index in [2.05, 4.69) is 11.6 Å². The Kier molecular flexibility index (Phi) is 4.66. The van der Waals surface area contributed by atoms with Gasteiger partial charge in [0.1, 0.15) is 0 Å². The van der Waals surface area contributed by atoms with Crippen LogP contribution in [-0.2, 0) is 5.75 Å². The first-order valence-corrected chi connectivity index (χ1v) is 7.62. The molecule has 0 bridgehead atoms. The van der Waals surface area contributed by atoms with E-state index < -0.39 is 0 Å². The third-order valence-electron chi connectivity index (χ3n) is 3.26. The van der Waals surface area contributed by atoms with Gasteiger partial charge in [-0.1, -0.05) is 12.1 Å². The highest BCUT2D eigenvalue weighted by molar-refractivity contribution is 7.97. The van der Waals surface area contributed by atoms with Gasteiger partial charge in [0, 0.05) is 17.9 Å². The number of aliphatic hydroxyl groups excluding tert-OH is 1. The van der Waals surface area contributed by atoms with Crippen LogP contribution in [0.4, 0.5) is 0 Å². The van der Waals surface area contributed by atoms with Crippen LogP contribution in [0.15, 0.2) is 24.3 Å². The van der Waals surface area contributed by atoms with Gasteiger partial charge in [0.25, 0.3) is 5.91 Å². The molecule has 2 rings (SSSR count). The Labute approximate surface area is 112 Å². The van der Waals surface area contributed by atoms with Crippen molar-refractivity contribution < 1.29 is 9.90 Å². The third kappa shape index (κ3) is 3.50. The summed E-state index contributed by atoms with van der Waals surface area (Å²) in [6, 6.07) is 7.75. The normalized spacial score (nSPS) is 22.3. The van der Waals surface area contributed by atoms with Gasteiger partial charge in [-0.2, -0.15) is 11.8 Å². The number of amides is 1. The molecule has 1 saturated carbocycles. The van der Waals surface area contributed by atoms with Crippen LogP contribution in [0.25, 0.3) is 0 Å². The molecule has 1 aromatic rings. The van der Waals surface area contributed by atoms with E-state index >= 15 is 0 Å². The van der Waals surface area contributed by atoms with Gasteiger partial charge in [-0.25, -0.2) is 0 Å². The Morgan fingerprint density at radius 2 is 2.28 bits per heavy atom. The summed E-state index contributed by atoms with van der Waals surface area (Å²) in [6.07, 6.45) is 3.52. The maximum Gasteiger partial charge on any atom is 0.251 e. The predicted molar refractivity (Wildman–Crippen MR) is 74.7 cm³/mol. The highest BCUT2D eigenvalue weighted by Crippen LogP contribution is 2.26. The molecule has 0 spiro atoms. The third-order valence-corrected chi connectivity index (χ3v) is 3.88. The highest BCUT2D eigenvalue weighted by atomic mass is 32.2. The molecule has 0 saturated heterocycles. The van der Waals surface area contributed by atoms with Crippen LogP contribution in [0.2, 0.25) is 0 Å². The monoisotopic (exact) mass is 265 g/mol. The van der Waals surface area contributed by atoms with Crippen LogP contribution in [0.1, 0.15) is 28.8 Å². The van der Waals surface area contributed by atoms with Crippen LogP contribution in [0.3, 0.4) is 0 Å². The van der Waals surface area contributed by atoms with E-state index in [1.54, 1.807) is 11.8 Å². The fraction of sp³-hybridized carbons (Fsp3) is 0.500. The van der Waals surface area contributed by atoms with Gasteiger partial charge in [0.15, 0.2) is 0 Å². The Balaban J connectivity index is 1.86. The first-order valence-electron chi connectivity index (χ1n) is 6.23. The molecule has 0 heterocycles. The molecule has 2 N–H and O–H groups in total. The second-order valence-electron chi connectivity index (χ2n) is 4.83. The maximum atomic E-state index is 11.9. The second kappa shape index (κ2) is 6.25. The van der Waals surface area contributed by atoms with Crippen molar-refractivity contribution in [3.8, 4) is 0 Å². The summed E-state index contributed by atoms with van der Waals surface area (Å²) >= 11 is 1.75. The van der Waals surface area contributed by atoms with Gasteiger partial charge in [0.2, 0.25) is 0 Å². The van der Waals surface area contributed by atoms with E-state index in [1.165, 1.54) is 5.56 Å².